The molecule has 0 aromatic heterocycles. The van der Waals surface area contributed by atoms with Crippen molar-refractivity contribution in [1.29, 1.82) is 0 Å². The van der Waals surface area contributed by atoms with Gasteiger partial charge in [-0.1, -0.05) is 6.42 Å². The van der Waals surface area contributed by atoms with Crippen LogP contribution in [0.4, 0.5) is 5.69 Å². The Kier molecular flexibility index (Phi) is 3.49. The van der Waals surface area contributed by atoms with Crippen molar-refractivity contribution in [3.05, 3.63) is 18.2 Å². The summed E-state index contributed by atoms with van der Waals surface area (Å²) in [5.74, 6) is 0.553. The molecule has 1 fully saturated rings. The Balaban J connectivity index is 2.34. The van der Waals surface area contributed by atoms with Crippen molar-refractivity contribution in [2.24, 2.45) is 0 Å². The maximum absolute atomic E-state index is 12.4. The van der Waals surface area contributed by atoms with Gasteiger partial charge >= 0.3 is 0 Å². The second kappa shape index (κ2) is 4.78. The second-order valence-electron chi connectivity index (χ2n) is 4.51. The van der Waals surface area contributed by atoms with Gasteiger partial charge in [-0.05, 0) is 25.0 Å². The molecule has 6 heteroatoms. The molecule has 0 aliphatic heterocycles. The van der Waals surface area contributed by atoms with E-state index in [-0.39, 0.29) is 16.6 Å². The highest BCUT2D eigenvalue weighted by Crippen LogP contribution is 2.31. The van der Waals surface area contributed by atoms with E-state index in [4.69, 9.17) is 10.5 Å². The van der Waals surface area contributed by atoms with E-state index in [1.165, 1.54) is 23.5 Å². The molecule has 0 saturated heterocycles. The average Bonchev–Trinajstić information content (AvgIpc) is 2.26. The summed E-state index contributed by atoms with van der Waals surface area (Å²) in [6.07, 6.45) is 2.93. The van der Waals surface area contributed by atoms with Crippen molar-refractivity contribution in [2.45, 2.75) is 30.2 Å². The third-order valence-corrected chi connectivity index (χ3v) is 5.45. The molecule has 1 aromatic carbocycles. The van der Waals surface area contributed by atoms with E-state index >= 15 is 0 Å². The van der Waals surface area contributed by atoms with E-state index in [9.17, 15) is 8.42 Å². The molecule has 1 aliphatic carbocycles. The predicted octanol–water partition coefficient (Wildman–Crippen LogP) is 1.45. The van der Waals surface area contributed by atoms with Crippen LogP contribution in [0.15, 0.2) is 23.1 Å². The van der Waals surface area contributed by atoms with Gasteiger partial charge in [0.15, 0.2) is 0 Å². The van der Waals surface area contributed by atoms with Crippen LogP contribution in [0.3, 0.4) is 0 Å². The van der Waals surface area contributed by atoms with Gasteiger partial charge in [-0.15, -0.1) is 0 Å². The third kappa shape index (κ3) is 2.18. The predicted molar refractivity (Wildman–Crippen MR) is 70.0 cm³/mol. The summed E-state index contributed by atoms with van der Waals surface area (Å²) < 4.78 is 31.2. The van der Waals surface area contributed by atoms with Crippen molar-refractivity contribution >= 4 is 15.7 Å². The highest BCUT2D eigenvalue weighted by atomic mass is 32.2. The Hall–Kier alpha value is -1.27. The molecule has 1 aromatic rings. The van der Waals surface area contributed by atoms with Crippen LogP contribution in [-0.2, 0) is 10.0 Å². The Morgan fingerprint density at radius 3 is 2.50 bits per heavy atom. The maximum Gasteiger partial charge on any atom is 0.245 e. The standard InChI is InChI=1S/C12H18N2O3S/c1-14(9-4-3-5-9)18(15,16)12-7-6-10(17-2)8-11(12)13/h6-9H,3-5,13H2,1-2H3. The molecule has 0 unspecified atom stereocenters. The zero-order valence-corrected chi connectivity index (χ0v) is 11.4. The molecule has 2 rings (SSSR count). The highest BCUT2D eigenvalue weighted by molar-refractivity contribution is 7.89. The lowest BCUT2D eigenvalue weighted by Gasteiger charge is -2.34. The minimum Gasteiger partial charge on any atom is -0.497 e. The normalized spacial score (nSPS) is 16.6. The number of nitrogens with two attached hydrogens (primary N) is 1. The van der Waals surface area contributed by atoms with Gasteiger partial charge in [0, 0.05) is 19.2 Å². The Morgan fingerprint density at radius 1 is 1.39 bits per heavy atom. The number of nitrogens with zero attached hydrogens (tertiary/aromatic N) is 1. The van der Waals surface area contributed by atoms with E-state index in [1.807, 2.05) is 0 Å². The molecule has 0 spiro atoms. The van der Waals surface area contributed by atoms with E-state index in [0.29, 0.717) is 5.75 Å². The van der Waals surface area contributed by atoms with Crippen LogP contribution in [0.1, 0.15) is 19.3 Å². The Labute approximate surface area is 108 Å². The van der Waals surface area contributed by atoms with Crippen molar-refractivity contribution in [3.8, 4) is 5.75 Å². The summed E-state index contributed by atoms with van der Waals surface area (Å²) >= 11 is 0. The van der Waals surface area contributed by atoms with Crippen LogP contribution in [0, 0.1) is 0 Å². The fourth-order valence-corrected chi connectivity index (χ4v) is 3.50. The van der Waals surface area contributed by atoms with Gasteiger partial charge in [-0.25, -0.2) is 8.42 Å². The summed E-state index contributed by atoms with van der Waals surface area (Å²) in [6, 6.07) is 4.74. The van der Waals surface area contributed by atoms with Gasteiger partial charge in [0.2, 0.25) is 10.0 Å². The van der Waals surface area contributed by atoms with Gasteiger partial charge in [0.25, 0.3) is 0 Å². The monoisotopic (exact) mass is 270 g/mol. The maximum atomic E-state index is 12.4. The fourth-order valence-electron chi connectivity index (χ4n) is 1.99. The van der Waals surface area contributed by atoms with Gasteiger partial charge in [-0.2, -0.15) is 4.31 Å². The lowest BCUT2D eigenvalue weighted by atomic mass is 9.94. The molecule has 18 heavy (non-hydrogen) atoms. The molecule has 100 valence electrons. The van der Waals surface area contributed by atoms with Gasteiger partial charge in [0.1, 0.15) is 10.6 Å². The molecule has 0 heterocycles. The van der Waals surface area contributed by atoms with Gasteiger partial charge < -0.3 is 10.5 Å². The van der Waals surface area contributed by atoms with Crippen molar-refractivity contribution in [3.63, 3.8) is 0 Å². The molecule has 0 bridgehead atoms. The minimum absolute atomic E-state index is 0.108. The van der Waals surface area contributed by atoms with Crippen molar-refractivity contribution < 1.29 is 13.2 Å². The molecule has 0 radical (unpaired) electrons. The number of ether oxygens (including phenoxy) is 1. The van der Waals surface area contributed by atoms with Crippen LogP contribution in [0.5, 0.6) is 5.75 Å². The van der Waals surface area contributed by atoms with Crippen LogP contribution in [0.25, 0.3) is 0 Å². The lowest BCUT2D eigenvalue weighted by Crippen LogP contribution is -2.41. The summed E-state index contributed by atoms with van der Waals surface area (Å²) in [5.41, 5.74) is 6.02. The molecule has 0 atom stereocenters. The molecular formula is C12H18N2O3S. The second-order valence-corrected chi connectivity index (χ2v) is 6.48. The summed E-state index contributed by atoms with van der Waals surface area (Å²) in [6.45, 7) is 0. The number of sulfonamides is 1. The van der Waals surface area contributed by atoms with Gasteiger partial charge in [0.05, 0.1) is 12.8 Å². The van der Waals surface area contributed by atoms with Crippen molar-refractivity contribution in [1.82, 2.24) is 4.31 Å². The van der Waals surface area contributed by atoms with Crippen molar-refractivity contribution in [2.75, 3.05) is 19.9 Å². The first-order valence-corrected chi connectivity index (χ1v) is 7.32. The number of nitrogen functional groups attached to an aromatic ring is 1. The van der Waals surface area contributed by atoms with Crippen LogP contribution in [0.2, 0.25) is 0 Å². The SMILES string of the molecule is COc1ccc(S(=O)(=O)N(C)C2CCC2)c(N)c1. The van der Waals surface area contributed by atoms with Gasteiger partial charge in [-0.3, -0.25) is 0 Å². The molecule has 1 saturated carbocycles. The van der Waals surface area contributed by atoms with E-state index in [1.54, 1.807) is 13.1 Å². The van der Waals surface area contributed by atoms with Crippen LogP contribution >= 0.6 is 0 Å². The van der Waals surface area contributed by atoms with Crippen LogP contribution in [-0.4, -0.2) is 32.9 Å². The first-order chi connectivity index (χ1) is 8.46. The Morgan fingerprint density at radius 2 is 2.06 bits per heavy atom. The number of benzene rings is 1. The number of methoxy groups -OCH3 is 1. The molecular weight excluding hydrogens is 252 g/mol. The first-order valence-electron chi connectivity index (χ1n) is 5.88. The van der Waals surface area contributed by atoms with E-state index < -0.39 is 10.0 Å². The third-order valence-electron chi connectivity index (χ3n) is 3.46. The zero-order chi connectivity index (χ0) is 13.3. The number of hydrogen-bond acceptors (Lipinski definition) is 4. The molecule has 2 N–H and O–H groups in total. The van der Waals surface area contributed by atoms with E-state index in [2.05, 4.69) is 0 Å². The minimum atomic E-state index is -3.50. The number of rotatable bonds is 4. The largest absolute Gasteiger partial charge is 0.497 e. The highest BCUT2D eigenvalue weighted by Gasteiger charge is 2.32. The fraction of sp³-hybridized carbons (Fsp3) is 0.500. The molecule has 0 amide bonds. The zero-order valence-electron chi connectivity index (χ0n) is 10.6. The summed E-state index contributed by atoms with van der Waals surface area (Å²) in [5, 5.41) is 0. The summed E-state index contributed by atoms with van der Waals surface area (Å²) in [7, 11) is -0.371. The molecule has 5 nitrogen and oxygen atoms in total. The smallest absolute Gasteiger partial charge is 0.245 e. The lowest BCUT2D eigenvalue weighted by molar-refractivity contribution is 0.250. The first kappa shape index (κ1) is 13.2. The summed E-state index contributed by atoms with van der Waals surface area (Å²) in [4.78, 5) is 0.151. The average molecular weight is 270 g/mol. The molecule has 1 aliphatic rings. The topological polar surface area (TPSA) is 72.6 Å². The van der Waals surface area contributed by atoms with E-state index in [0.717, 1.165) is 19.3 Å². The quantitative estimate of drug-likeness (QED) is 0.840. The number of hydrogen-bond donors (Lipinski definition) is 1. The Bertz CT molecular complexity index is 538. The number of anilines is 1. The van der Waals surface area contributed by atoms with Crippen LogP contribution < -0.4 is 10.5 Å².